The second kappa shape index (κ2) is 8.48. The van der Waals surface area contributed by atoms with Crippen LogP contribution in [0.2, 0.25) is 0 Å². The van der Waals surface area contributed by atoms with Crippen molar-refractivity contribution in [3.8, 4) is 0 Å². The summed E-state index contributed by atoms with van der Waals surface area (Å²) in [5.41, 5.74) is 4.98. The molecule has 34 heavy (non-hydrogen) atoms. The molecule has 9 nitrogen and oxygen atoms in total. The zero-order valence-corrected chi connectivity index (χ0v) is 19.2. The van der Waals surface area contributed by atoms with Crippen molar-refractivity contribution in [2.45, 2.75) is 44.4 Å². The largest absolute Gasteiger partial charge is 0.377 e. The number of fused-ring (bicyclic) bond motifs is 2. The van der Waals surface area contributed by atoms with E-state index in [0.29, 0.717) is 37.4 Å². The maximum Gasteiger partial charge on any atom is 0.270 e. The van der Waals surface area contributed by atoms with Crippen molar-refractivity contribution in [2.75, 3.05) is 31.2 Å². The van der Waals surface area contributed by atoms with E-state index in [1.54, 1.807) is 6.07 Å². The molecule has 0 bridgehead atoms. The molecule has 0 spiro atoms. The minimum absolute atomic E-state index is 0.0287. The Balaban J connectivity index is 1.10. The van der Waals surface area contributed by atoms with E-state index in [0.717, 1.165) is 53.9 Å². The monoisotopic (exact) mass is 460 g/mol. The standard InChI is InChI=1S/C25H28N6O3/c1-2-16-8-20-21(29-24(16)32)7-15(10-26-20)12-30-5-6-31(23-9-22(23)30)18-3-4-19(27-11-18)25(33)28-17-13-34-14-17/h3-4,7-8,10-11,17,22-23H,2,5-6,9,12-14H2,1H3,(H,28,33)(H,29,32)/t22?,23-/m1/s1. The summed E-state index contributed by atoms with van der Waals surface area (Å²) in [5, 5.41) is 2.93. The van der Waals surface area contributed by atoms with Gasteiger partial charge in [-0.2, -0.15) is 0 Å². The number of piperazine rings is 1. The van der Waals surface area contributed by atoms with Crippen molar-refractivity contribution >= 4 is 22.6 Å². The summed E-state index contributed by atoms with van der Waals surface area (Å²) in [6.45, 7) is 5.79. The molecule has 2 N–H and O–H groups in total. The van der Waals surface area contributed by atoms with Gasteiger partial charge in [-0.15, -0.1) is 0 Å². The van der Waals surface area contributed by atoms with Crippen molar-refractivity contribution in [1.82, 2.24) is 25.2 Å². The van der Waals surface area contributed by atoms with Crippen molar-refractivity contribution in [2.24, 2.45) is 0 Å². The van der Waals surface area contributed by atoms with Crippen LogP contribution in [0.4, 0.5) is 5.69 Å². The first kappa shape index (κ1) is 21.2. The lowest BCUT2D eigenvalue weighted by atomic mass is 10.1. The first-order chi connectivity index (χ1) is 16.6. The number of aryl methyl sites for hydroxylation is 1. The van der Waals surface area contributed by atoms with Crippen LogP contribution >= 0.6 is 0 Å². The van der Waals surface area contributed by atoms with Crippen LogP contribution in [0.25, 0.3) is 11.0 Å². The molecule has 3 aliphatic rings. The lowest BCUT2D eigenvalue weighted by Gasteiger charge is -2.35. The number of H-pyrrole nitrogens is 1. The predicted octanol–water partition coefficient (Wildman–Crippen LogP) is 1.47. The fraction of sp³-hybridized carbons (Fsp3) is 0.440. The topological polar surface area (TPSA) is 103 Å². The van der Waals surface area contributed by atoms with Gasteiger partial charge in [0.2, 0.25) is 0 Å². The summed E-state index contributed by atoms with van der Waals surface area (Å²) in [5.74, 6) is -0.148. The number of aromatic amines is 1. The zero-order chi connectivity index (χ0) is 23.2. The number of nitrogens with zero attached hydrogens (tertiary/aromatic N) is 4. The van der Waals surface area contributed by atoms with Crippen LogP contribution in [-0.2, 0) is 17.7 Å². The second-order valence-corrected chi connectivity index (χ2v) is 9.40. The molecular formula is C25H28N6O3. The number of hydrogen-bond acceptors (Lipinski definition) is 7. The molecule has 2 saturated heterocycles. The van der Waals surface area contributed by atoms with Crippen molar-refractivity contribution < 1.29 is 9.53 Å². The average Bonchev–Trinajstić information content (AvgIpc) is 3.63. The van der Waals surface area contributed by atoms with Gasteiger partial charge in [0.1, 0.15) is 5.69 Å². The van der Waals surface area contributed by atoms with Gasteiger partial charge in [0.15, 0.2) is 0 Å². The van der Waals surface area contributed by atoms with Crippen LogP contribution in [0, 0.1) is 0 Å². The van der Waals surface area contributed by atoms with E-state index in [1.807, 2.05) is 31.5 Å². The third-order valence-corrected chi connectivity index (χ3v) is 7.10. The number of carbonyl (C=O) groups is 1. The molecule has 5 heterocycles. The summed E-state index contributed by atoms with van der Waals surface area (Å²) in [6, 6.07) is 8.79. The van der Waals surface area contributed by atoms with E-state index in [2.05, 4.69) is 36.1 Å². The number of carbonyl (C=O) groups excluding carboxylic acids is 1. The summed E-state index contributed by atoms with van der Waals surface area (Å²) in [7, 11) is 0. The van der Waals surface area contributed by atoms with Gasteiger partial charge in [-0.05, 0) is 42.7 Å². The molecule has 3 aromatic rings. The number of aromatic nitrogens is 3. The molecule has 0 radical (unpaired) electrons. The van der Waals surface area contributed by atoms with Gasteiger partial charge in [0.05, 0.1) is 42.2 Å². The molecule has 6 rings (SSSR count). The summed E-state index contributed by atoms with van der Waals surface area (Å²) in [6.07, 6.45) is 5.55. The van der Waals surface area contributed by atoms with Crippen molar-refractivity contribution in [3.63, 3.8) is 0 Å². The van der Waals surface area contributed by atoms with Gasteiger partial charge < -0.3 is 19.9 Å². The fourth-order valence-corrected chi connectivity index (χ4v) is 5.00. The van der Waals surface area contributed by atoms with Gasteiger partial charge in [-0.25, -0.2) is 4.98 Å². The minimum atomic E-state index is -0.148. The number of nitrogens with one attached hydrogen (secondary N) is 2. The number of rotatable bonds is 6. The van der Waals surface area contributed by atoms with E-state index < -0.39 is 0 Å². The molecule has 3 fully saturated rings. The molecular weight excluding hydrogens is 432 g/mol. The lowest BCUT2D eigenvalue weighted by Crippen LogP contribution is -2.48. The average molecular weight is 461 g/mol. The van der Waals surface area contributed by atoms with E-state index >= 15 is 0 Å². The molecule has 1 aliphatic carbocycles. The van der Waals surface area contributed by atoms with Crippen LogP contribution in [0.1, 0.15) is 35.0 Å². The third-order valence-electron chi connectivity index (χ3n) is 7.10. The van der Waals surface area contributed by atoms with Gasteiger partial charge in [-0.1, -0.05) is 6.92 Å². The van der Waals surface area contributed by atoms with Gasteiger partial charge in [-0.3, -0.25) is 19.5 Å². The Hall–Kier alpha value is -3.30. The fourth-order valence-electron chi connectivity index (χ4n) is 5.00. The quantitative estimate of drug-likeness (QED) is 0.574. The first-order valence-corrected chi connectivity index (χ1v) is 11.9. The number of ether oxygens (including phenoxy) is 1. The summed E-state index contributed by atoms with van der Waals surface area (Å²) < 4.78 is 5.10. The van der Waals surface area contributed by atoms with Crippen molar-refractivity contribution in [1.29, 1.82) is 0 Å². The molecule has 1 amide bonds. The molecule has 3 aromatic heterocycles. The normalized spacial score (nSPS) is 22.3. The maximum absolute atomic E-state index is 12.3. The second-order valence-electron chi connectivity index (χ2n) is 9.40. The molecule has 0 aromatic carbocycles. The number of amides is 1. The number of hydrogen-bond donors (Lipinski definition) is 2. The van der Waals surface area contributed by atoms with Gasteiger partial charge in [0, 0.05) is 43.5 Å². The number of anilines is 1. The Bertz CT molecular complexity index is 1290. The molecule has 176 valence electrons. The Morgan fingerprint density at radius 2 is 2.06 bits per heavy atom. The highest BCUT2D eigenvalue weighted by atomic mass is 16.5. The zero-order valence-electron chi connectivity index (χ0n) is 19.2. The molecule has 2 aliphatic heterocycles. The minimum Gasteiger partial charge on any atom is -0.377 e. The van der Waals surface area contributed by atoms with Gasteiger partial charge in [0.25, 0.3) is 11.5 Å². The highest BCUT2D eigenvalue weighted by molar-refractivity contribution is 5.92. The van der Waals surface area contributed by atoms with Crippen LogP contribution < -0.4 is 15.8 Å². The third kappa shape index (κ3) is 3.95. The Morgan fingerprint density at radius 3 is 2.79 bits per heavy atom. The highest BCUT2D eigenvalue weighted by Gasteiger charge is 2.48. The highest BCUT2D eigenvalue weighted by Crippen LogP contribution is 2.40. The van der Waals surface area contributed by atoms with Crippen LogP contribution in [0.5, 0.6) is 0 Å². The first-order valence-electron chi connectivity index (χ1n) is 11.9. The van der Waals surface area contributed by atoms with Crippen molar-refractivity contribution in [3.05, 3.63) is 63.8 Å². The SMILES string of the molecule is CCc1cc2ncc(CN3CCN(c4ccc(C(=O)NC5COC5)nc4)[C@@H]4CC43)cc2[nH]c1=O. The molecule has 2 atom stereocenters. The number of pyridine rings is 3. The van der Waals surface area contributed by atoms with Crippen LogP contribution in [0.3, 0.4) is 0 Å². The van der Waals surface area contributed by atoms with E-state index in [9.17, 15) is 9.59 Å². The summed E-state index contributed by atoms with van der Waals surface area (Å²) >= 11 is 0. The summed E-state index contributed by atoms with van der Waals surface area (Å²) in [4.78, 5) is 41.3. The maximum atomic E-state index is 12.3. The Morgan fingerprint density at radius 1 is 1.18 bits per heavy atom. The van der Waals surface area contributed by atoms with Crippen LogP contribution in [0.15, 0.2) is 41.5 Å². The Kier molecular flexibility index (Phi) is 5.30. The smallest absolute Gasteiger partial charge is 0.270 e. The van der Waals surface area contributed by atoms with Gasteiger partial charge >= 0.3 is 0 Å². The van der Waals surface area contributed by atoms with E-state index in [4.69, 9.17) is 4.74 Å². The molecule has 9 heteroatoms. The lowest BCUT2D eigenvalue weighted by molar-refractivity contribution is -0.00354. The molecule has 1 saturated carbocycles. The van der Waals surface area contributed by atoms with Crippen LogP contribution in [-0.4, -0.2) is 70.2 Å². The predicted molar refractivity (Wildman–Crippen MR) is 128 cm³/mol. The van der Waals surface area contributed by atoms with E-state index in [-0.39, 0.29) is 17.5 Å². The van der Waals surface area contributed by atoms with E-state index in [1.165, 1.54) is 0 Å². The molecule has 1 unspecified atom stereocenters. The Labute approximate surface area is 197 Å².